The van der Waals surface area contributed by atoms with Crippen LogP contribution in [0.5, 0.6) is 11.5 Å². The van der Waals surface area contributed by atoms with Crippen molar-refractivity contribution in [2.45, 2.75) is 26.5 Å². The molecular formula is C16H19ClN2O2. The summed E-state index contributed by atoms with van der Waals surface area (Å²) in [5.74, 6) is 1.38. The summed E-state index contributed by atoms with van der Waals surface area (Å²) in [6, 6.07) is 9.22. The zero-order valence-corrected chi connectivity index (χ0v) is 13.1. The van der Waals surface area contributed by atoms with Crippen molar-refractivity contribution in [3.8, 4) is 11.5 Å². The quantitative estimate of drug-likeness (QED) is 0.916. The number of rotatable bonds is 5. The molecular weight excluding hydrogens is 288 g/mol. The third-order valence-electron chi connectivity index (χ3n) is 3.07. The van der Waals surface area contributed by atoms with E-state index in [-0.39, 0.29) is 6.04 Å². The molecule has 4 nitrogen and oxygen atoms in total. The normalized spacial score (nSPS) is 12.0. The number of hydrogen-bond donors (Lipinski definition) is 1. The summed E-state index contributed by atoms with van der Waals surface area (Å²) in [7, 11) is 1.63. The van der Waals surface area contributed by atoms with Crippen LogP contribution in [0.1, 0.15) is 29.9 Å². The van der Waals surface area contributed by atoms with Gasteiger partial charge in [0, 0.05) is 23.9 Å². The summed E-state index contributed by atoms with van der Waals surface area (Å²) < 4.78 is 10.9. The monoisotopic (exact) mass is 306 g/mol. The number of ether oxygens (including phenoxy) is 2. The van der Waals surface area contributed by atoms with Crippen molar-refractivity contribution in [1.29, 1.82) is 0 Å². The van der Waals surface area contributed by atoms with E-state index in [0.29, 0.717) is 17.4 Å². The van der Waals surface area contributed by atoms with Crippen LogP contribution < -0.4 is 15.2 Å². The van der Waals surface area contributed by atoms with E-state index in [1.165, 1.54) is 0 Å². The number of nitrogens with zero attached hydrogens (tertiary/aromatic N) is 1. The van der Waals surface area contributed by atoms with E-state index in [0.717, 1.165) is 22.7 Å². The summed E-state index contributed by atoms with van der Waals surface area (Å²) in [6.45, 7) is 4.15. The third kappa shape index (κ3) is 4.09. The van der Waals surface area contributed by atoms with Crippen molar-refractivity contribution in [2.24, 2.45) is 5.73 Å². The minimum Gasteiger partial charge on any atom is -0.497 e. The predicted octanol–water partition coefficient (Wildman–Crippen LogP) is 3.65. The van der Waals surface area contributed by atoms with Gasteiger partial charge in [0.05, 0.1) is 17.8 Å². The molecule has 0 aliphatic rings. The molecule has 0 amide bonds. The summed E-state index contributed by atoms with van der Waals surface area (Å²) in [6.07, 6.45) is 0. The van der Waals surface area contributed by atoms with Gasteiger partial charge in [-0.25, -0.2) is 0 Å². The first-order valence-electron chi connectivity index (χ1n) is 6.69. The van der Waals surface area contributed by atoms with Gasteiger partial charge in [-0.3, -0.25) is 4.98 Å². The highest BCUT2D eigenvalue weighted by atomic mass is 35.5. The Morgan fingerprint density at radius 2 is 2.05 bits per heavy atom. The van der Waals surface area contributed by atoms with E-state index in [2.05, 4.69) is 4.98 Å². The Morgan fingerprint density at radius 3 is 2.67 bits per heavy atom. The Labute approximate surface area is 129 Å². The number of hydrogen-bond acceptors (Lipinski definition) is 4. The molecule has 0 saturated heterocycles. The van der Waals surface area contributed by atoms with Crippen molar-refractivity contribution in [3.05, 3.63) is 52.3 Å². The molecule has 0 unspecified atom stereocenters. The van der Waals surface area contributed by atoms with Gasteiger partial charge in [0.15, 0.2) is 0 Å². The topological polar surface area (TPSA) is 57.4 Å². The Balaban J connectivity index is 2.11. The van der Waals surface area contributed by atoms with Gasteiger partial charge in [0.2, 0.25) is 0 Å². The Morgan fingerprint density at radius 1 is 1.29 bits per heavy atom. The molecule has 0 aliphatic carbocycles. The van der Waals surface area contributed by atoms with Gasteiger partial charge < -0.3 is 15.2 Å². The van der Waals surface area contributed by atoms with Crippen molar-refractivity contribution in [3.63, 3.8) is 0 Å². The molecule has 1 aromatic carbocycles. The van der Waals surface area contributed by atoms with E-state index < -0.39 is 0 Å². The van der Waals surface area contributed by atoms with Gasteiger partial charge in [0.1, 0.15) is 18.1 Å². The molecule has 1 heterocycles. The van der Waals surface area contributed by atoms with Crippen LogP contribution in [0.15, 0.2) is 30.3 Å². The lowest BCUT2D eigenvalue weighted by Gasteiger charge is -2.12. The zero-order valence-electron chi connectivity index (χ0n) is 12.4. The van der Waals surface area contributed by atoms with Gasteiger partial charge >= 0.3 is 0 Å². The van der Waals surface area contributed by atoms with Gasteiger partial charge in [-0.15, -0.1) is 0 Å². The fraction of sp³-hybridized carbons (Fsp3) is 0.312. The SMILES string of the molecule is COc1cc(C)nc(COc2ccc([C@@H](C)N)cc2Cl)c1. The van der Waals surface area contributed by atoms with Crippen LogP contribution in [0.2, 0.25) is 5.02 Å². The second-order valence-corrected chi connectivity index (χ2v) is 5.31. The molecule has 0 bridgehead atoms. The summed E-state index contributed by atoms with van der Waals surface area (Å²) in [5, 5.41) is 0.546. The van der Waals surface area contributed by atoms with Crippen LogP contribution >= 0.6 is 11.6 Å². The summed E-state index contributed by atoms with van der Waals surface area (Å²) in [4.78, 5) is 4.40. The maximum atomic E-state index is 6.20. The molecule has 2 rings (SSSR count). The molecule has 2 aromatic rings. The van der Waals surface area contributed by atoms with Gasteiger partial charge in [0.25, 0.3) is 0 Å². The van der Waals surface area contributed by atoms with Crippen LogP contribution in [-0.2, 0) is 6.61 Å². The lowest BCUT2D eigenvalue weighted by molar-refractivity contribution is 0.300. The zero-order chi connectivity index (χ0) is 15.4. The Hall–Kier alpha value is -1.78. The molecule has 112 valence electrons. The minimum atomic E-state index is -0.0562. The van der Waals surface area contributed by atoms with Crippen LogP contribution in [0.3, 0.4) is 0 Å². The van der Waals surface area contributed by atoms with Gasteiger partial charge in [-0.1, -0.05) is 17.7 Å². The van der Waals surface area contributed by atoms with E-state index in [4.69, 9.17) is 26.8 Å². The molecule has 0 saturated carbocycles. The highest BCUT2D eigenvalue weighted by Gasteiger charge is 2.07. The average molecular weight is 307 g/mol. The molecule has 0 radical (unpaired) electrons. The molecule has 0 aliphatic heterocycles. The van der Waals surface area contributed by atoms with E-state index in [9.17, 15) is 0 Å². The van der Waals surface area contributed by atoms with Crippen molar-refractivity contribution in [2.75, 3.05) is 7.11 Å². The first kappa shape index (κ1) is 15.6. The van der Waals surface area contributed by atoms with E-state index >= 15 is 0 Å². The number of methoxy groups -OCH3 is 1. The lowest BCUT2D eigenvalue weighted by Crippen LogP contribution is -2.05. The van der Waals surface area contributed by atoms with E-state index in [1.807, 2.05) is 44.2 Å². The highest BCUT2D eigenvalue weighted by molar-refractivity contribution is 6.32. The number of nitrogens with two attached hydrogens (primary N) is 1. The number of aryl methyl sites for hydroxylation is 1. The Kier molecular flexibility index (Phi) is 5.04. The second kappa shape index (κ2) is 6.78. The molecule has 2 N–H and O–H groups in total. The second-order valence-electron chi connectivity index (χ2n) is 4.91. The molecule has 21 heavy (non-hydrogen) atoms. The van der Waals surface area contributed by atoms with Crippen LogP contribution in [-0.4, -0.2) is 12.1 Å². The largest absolute Gasteiger partial charge is 0.497 e. The fourth-order valence-electron chi connectivity index (χ4n) is 1.96. The maximum Gasteiger partial charge on any atom is 0.138 e. The minimum absolute atomic E-state index is 0.0562. The first-order chi connectivity index (χ1) is 9.99. The number of halogens is 1. The number of benzene rings is 1. The first-order valence-corrected chi connectivity index (χ1v) is 7.06. The van der Waals surface area contributed by atoms with Crippen molar-refractivity contribution < 1.29 is 9.47 Å². The van der Waals surface area contributed by atoms with E-state index in [1.54, 1.807) is 7.11 Å². The summed E-state index contributed by atoms with van der Waals surface area (Å²) >= 11 is 6.20. The predicted molar refractivity (Wildman–Crippen MR) is 83.9 cm³/mol. The number of aromatic nitrogens is 1. The van der Waals surface area contributed by atoms with Crippen molar-refractivity contribution in [1.82, 2.24) is 4.98 Å². The van der Waals surface area contributed by atoms with Gasteiger partial charge in [-0.2, -0.15) is 0 Å². The smallest absolute Gasteiger partial charge is 0.138 e. The summed E-state index contributed by atoms with van der Waals surface area (Å²) in [5.41, 5.74) is 8.47. The molecule has 1 aromatic heterocycles. The standard InChI is InChI=1S/C16H19ClN2O2/c1-10-6-14(20-3)8-13(19-10)9-21-16-5-4-12(11(2)18)7-15(16)17/h4-8,11H,9,18H2,1-3H3/t11-/m1/s1. The third-order valence-corrected chi connectivity index (χ3v) is 3.37. The average Bonchev–Trinajstić information content (AvgIpc) is 2.45. The molecule has 0 spiro atoms. The lowest BCUT2D eigenvalue weighted by atomic mass is 10.1. The molecule has 5 heteroatoms. The van der Waals surface area contributed by atoms with Crippen LogP contribution in [0, 0.1) is 6.92 Å². The number of pyridine rings is 1. The van der Waals surface area contributed by atoms with Crippen LogP contribution in [0.25, 0.3) is 0 Å². The fourth-order valence-corrected chi connectivity index (χ4v) is 2.21. The van der Waals surface area contributed by atoms with Crippen LogP contribution in [0.4, 0.5) is 0 Å². The van der Waals surface area contributed by atoms with Gasteiger partial charge in [-0.05, 0) is 31.5 Å². The van der Waals surface area contributed by atoms with Crippen molar-refractivity contribution >= 4 is 11.6 Å². The Bertz CT molecular complexity index is 630. The molecule has 0 fully saturated rings. The highest BCUT2D eigenvalue weighted by Crippen LogP contribution is 2.28. The molecule has 1 atom stereocenters. The maximum absolute atomic E-state index is 6.20.